The lowest BCUT2D eigenvalue weighted by atomic mass is 9.85. The Kier molecular flexibility index (Phi) is 8.39. The molecule has 0 bridgehead atoms. The predicted molar refractivity (Wildman–Crippen MR) is 141 cm³/mol. The number of carbonyl (C=O) groups excluding carboxylic acids is 2. The topological polar surface area (TPSA) is 81.2 Å². The van der Waals surface area contributed by atoms with E-state index in [0.29, 0.717) is 28.2 Å². The third-order valence-electron chi connectivity index (χ3n) is 5.78. The number of aromatic nitrogens is 2. The molecule has 1 N–H and O–H groups in total. The van der Waals surface area contributed by atoms with E-state index in [9.17, 15) is 9.59 Å². The Labute approximate surface area is 216 Å². The number of esters is 1. The Balaban J connectivity index is 1.46. The number of thiophene rings is 1. The van der Waals surface area contributed by atoms with Gasteiger partial charge in [0.1, 0.15) is 5.00 Å². The summed E-state index contributed by atoms with van der Waals surface area (Å²) in [4.78, 5) is 35.6. The van der Waals surface area contributed by atoms with E-state index in [1.165, 1.54) is 28.0 Å². The zero-order valence-corrected chi connectivity index (χ0v) is 22.3. The van der Waals surface area contributed by atoms with Crippen LogP contribution >= 0.6 is 39.0 Å². The van der Waals surface area contributed by atoms with Gasteiger partial charge >= 0.3 is 5.97 Å². The molecule has 0 radical (unpaired) electrons. The summed E-state index contributed by atoms with van der Waals surface area (Å²) < 4.78 is 6.31. The van der Waals surface area contributed by atoms with Gasteiger partial charge in [-0.1, -0.05) is 53.2 Å². The zero-order valence-electron chi connectivity index (χ0n) is 19.1. The van der Waals surface area contributed by atoms with Crippen molar-refractivity contribution in [3.05, 3.63) is 57.0 Å². The van der Waals surface area contributed by atoms with Crippen LogP contribution in [0.3, 0.4) is 0 Å². The fourth-order valence-electron chi connectivity index (χ4n) is 3.99. The highest BCUT2D eigenvalue weighted by atomic mass is 79.9. The summed E-state index contributed by atoms with van der Waals surface area (Å²) in [7, 11) is 0. The first-order chi connectivity index (χ1) is 16.5. The maximum Gasteiger partial charge on any atom is 0.341 e. The lowest BCUT2D eigenvalue weighted by Crippen LogP contribution is -2.18. The zero-order chi connectivity index (χ0) is 24.1. The summed E-state index contributed by atoms with van der Waals surface area (Å²) in [5.41, 5.74) is 3.35. The quantitative estimate of drug-likeness (QED) is 0.195. The molecule has 2 aromatic heterocycles. The highest BCUT2D eigenvalue weighted by Gasteiger charge is 2.29. The molecule has 0 unspecified atom stereocenters. The first-order valence-corrected chi connectivity index (χ1v) is 13.9. The van der Waals surface area contributed by atoms with Gasteiger partial charge in [-0.25, -0.2) is 14.8 Å². The number of anilines is 1. The van der Waals surface area contributed by atoms with E-state index in [0.717, 1.165) is 47.0 Å². The minimum absolute atomic E-state index is 0.145. The predicted octanol–water partition coefficient (Wildman–Crippen LogP) is 6.39. The second kappa shape index (κ2) is 11.5. The highest BCUT2D eigenvalue weighted by molar-refractivity contribution is 9.10. The van der Waals surface area contributed by atoms with Crippen LogP contribution in [0.5, 0.6) is 0 Å². The van der Waals surface area contributed by atoms with Crippen molar-refractivity contribution in [3.63, 3.8) is 0 Å². The summed E-state index contributed by atoms with van der Waals surface area (Å²) in [6.45, 7) is 4.29. The number of benzene rings is 1. The molecular formula is C25H26BrN3O3S2. The van der Waals surface area contributed by atoms with Crippen molar-refractivity contribution >= 4 is 55.9 Å². The number of hydrogen-bond acceptors (Lipinski definition) is 7. The number of nitrogens with zero attached hydrogens (tertiary/aromatic N) is 2. The number of ether oxygens (including phenoxy) is 1. The van der Waals surface area contributed by atoms with Crippen molar-refractivity contribution in [2.75, 3.05) is 17.7 Å². The van der Waals surface area contributed by atoms with Gasteiger partial charge in [0.15, 0.2) is 5.16 Å². The average molecular weight is 561 g/mol. The van der Waals surface area contributed by atoms with Crippen LogP contribution in [0.4, 0.5) is 5.00 Å². The number of amides is 1. The van der Waals surface area contributed by atoms with E-state index >= 15 is 0 Å². The minimum Gasteiger partial charge on any atom is -0.462 e. The number of halogens is 1. The van der Waals surface area contributed by atoms with Gasteiger partial charge in [0.25, 0.3) is 0 Å². The maximum atomic E-state index is 12.8. The van der Waals surface area contributed by atoms with Crippen LogP contribution in [0.15, 0.2) is 46.2 Å². The SMILES string of the molecule is CCOC(=O)c1c(NC(=O)CSc2nccc(-c3ccc(Br)cc3)n2)sc2c1CC[C@@H](CC)C2. The molecule has 34 heavy (non-hydrogen) atoms. The van der Waals surface area contributed by atoms with Crippen LogP contribution in [0.25, 0.3) is 11.3 Å². The second-order valence-electron chi connectivity index (χ2n) is 8.01. The Bertz CT molecular complexity index is 1180. The summed E-state index contributed by atoms with van der Waals surface area (Å²) in [5.74, 6) is 0.212. The monoisotopic (exact) mass is 559 g/mol. The van der Waals surface area contributed by atoms with Gasteiger partial charge in [-0.15, -0.1) is 11.3 Å². The largest absolute Gasteiger partial charge is 0.462 e. The summed E-state index contributed by atoms with van der Waals surface area (Å²) in [6.07, 6.45) is 5.66. The third kappa shape index (κ3) is 5.87. The molecule has 0 saturated heterocycles. The second-order valence-corrected chi connectivity index (χ2v) is 11.0. The van der Waals surface area contributed by atoms with Crippen LogP contribution in [0.1, 0.15) is 47.5 Å². The molecule has 178 valence electrons. The van der Waals surface area contributed by atoms with E-state index in [1.807, 2.05) is 30.3 Å². The summed E-state index contributed by atoms with van der Waals surface area (Å²) >= 11 is 6.22. The van der Waals surface area contributed by atoms with E-state index < -0.39 is 0 Å². The molecule has 0 aliphatic heterocycles. The van der Waals surface area contributed by atoms with Gasteiger partial charge in [0.05, 0.1) is 23.6 Å². The number of carbonyl (C=O) groups is 2. The van der Waals surface area contributed by atoms with Gasteiger partial charge in [-0.2, -0.15) is 0 Å². The van der Waals surface area contributed by atoms with Crippen LogP contribution in [0, 0.1) is 5.92 Å². The summed E-state index contributed by atoms with van der Waals surface area (Å²) in [5, 5.41) is 4.08. The Morgan fingerprint density at radius 2 is 2.03 bits per heavy atom. The molecule has 0 fully saturated rings. The molecule has 1 aromatic carbocycles. The van der Waals surface area contributed by atoms with Crippen molar-refractivity contribution in [2.45, 2.75) is 44.7 Å². The Morgan fingerprint density at radius 3 is 2.76 bits per heavy atom. The van der Waals surface area contributed by atoms with E-state index in [4.69, 9.17) is 4.74 Å². The molecule has 3 aromatic rings. The summed E-state index contributed by atoms with van der Waals surface area (Å²) in [6, 6.07) is 9.72. The Hall–Kier alpha value is -2.23. The third-order valence-corrected chi connectivity index (χ3v) is 8.34. The molecular weight excluding hydrogens is 534 g/mol. The normalized spacial score (nSPS) is 15.0. The van der Waals surface area contributed by atoms with Crippen molar-refractivity contribution in [3.8, 4) is 11.3 Å². The fraction of sp³-hybridized carbons (Fsp3) is 0.360. The molecule has 0 spiro atoms. The fourth-order valence-corrected chi connectivity index (χ4v) is 6.26. The van der Waals surface area contributed by atoms with Crippen molar-refractivity contribution in [1.29, 1.82) is 0 Å². The molecule has 2 heterocycles. The molecule has 4 rings (SSSR count). The van der Waals surface area contributed by atoms with Gasteiger partial charge in [0.2, 0.25) is 5.91 Å². The maximum absolute atomic E-state index is 12.8. The molecule has 0 saturated carbocycles. The van der Waals surface area contributed by atoms with Gasteiger partial charge < -0.3 is 10.1 Å². The van der Waals surface area contributed by atoms with E-state index in [2.05, 4.69) is 38.1 Å². The van der Waals surface area contributed by atoms with Crippen molar-refractivity contribution in [2.24, 2.45) is 5.92 Å². The lowest BCUT2D eigenvalue weighted by Gasteiger charge is -2.20. The molecule has 1 amide bonds. The van der Waals surface area contributed by atoms with Gasteiger partial charge in [0, 0.05) is 21.1 Å². The first-order valence-electron chi connectivity index (χ1n) is 11.3. The van der Waals surface area contributed by atoms with Gasteiger partial charge in [-0.3, -0.25) is 4.79 Å². The van der Waals surface area contributed by atoms with Crippen LogP contribution in [0.2, 0.25) is 0 Å². The standard InChI is InChI=1S/C25H26BrN3O3S2/c1-3-15-5-10-18-20(13-15)34-23(22(18)24(31)32-4-2)29-21(30)14-33-25-27-12-11-19(28-25)16-6-8-17(26)9-7-16/h6-9,11-12,15H,3-5,10,13-14H2,1-2H3,(H,29,30)/t15-/m1/s1. The minimum atomic E-state index is -0.358. The number of rotatable bonds is 8. The number of fused-ring (bicyclic) bond motifs is 1. The van der Waals surface area contributed by atoms with Crippen LogP contribution in [-0.2, 0) is 22.4 Å². The van der Waals surface area contributed by atoms with Gasteiger partial charge in [-0.05, 0) is 55.9 Å². The molecule has 1 aliphatic rings. The highest BCUT2D eigenvalue weighted by Crippen LogP contribution is 2.41. The lowest BCUT2D eigenvalue weighted by molar-refractivity contribution is -0.113. The van der Waals surface area contributed by atoms with E-state index in [1.54, 1.807) is 13.1 Å². The van der Waals surface area contributed by atoms with Crippen LogP contribution in [-0.4, -0.2) is 34.2 Å². The number of hydrogen-bond donors (Lipinski definition) is 1. The number of nitrogens with one attached hydrogen (secondary N) is 1. The smallest absolute Gasteiger partial charge is 0.341 e. The number of thioether (sulfide) groups is 1. The first kappa shape index (κ1) is 24.9. The molecule has 6 nitrogen and oxygen atoms in total. The Morgan fingerprint density at radius 1 is 1.24 bits per heavy atom. The molecule has 9 heteroatoms. The van der Waals surface area contributed by atoms with E-state index in [-0.39, 0.29) is 17.6 Å². The molecule has 1 aliphatic carbocycles. The van der Waals surface area contributed by atoms with Crippen molar-refractivity contribution < 1.29 is 14.3 Å². The molecule has 1 atom stereocenters. The van der Waals surface area contributed by atoms with Crippen LogP contribution < -0.4 is 5.32 Å². The van der Waals surface area contributed by atoms with Crippen molar-refractivity contribution in [1.82, 2.24) is 9.97 Å². The average Bonchev–Trinajstić information content (AvgIpc) is 3.20.